The molecule has 0 bridgehead atoms. The van der Waals surface area contributed by atoms with E-state index >= 15 is 0 Å². The summed E-state index contributed by atoms with van der Waals surface area (Å²) >= 11 is 7.49. The predicted molar refractivity (Wildman–Crippen MR) is 97.3 cm³/mol. The summed E-state index contributed by atoms with van der Waals surface area (Å²) in [4.78, 5) is 12.1. The quantitative estimate of drug-likeness (QED) is 0.792. The Labute approximate surface area is 151 Å². The van der Waals surface area contributed by atoms with E-state index in [2.05, 4.69) is 15.5 Å². The van der Waals surface area contributed by atoms with Gasteiger partial charge in [-0.2, -0.15) is 0 Å². The molecule has 2 aromatic rings. The van der Waals surface area contributed by atoms with E-state index in [0.717, 1.165) is 35.9 Å². The van der Waals surface area contributed by atoms with Crippen molar-refractivity contribution in [3.8, 4) is 11.4 Å². The number of halogens is 1. The Balaban J connectivity index is 1.66. The Morgan fingerprint density at radius 2 is 2.17 bits per heavy atom. The van der Waals surface area contributed by atoms with Crippen LogP contribution >= 0.6 is 23.4 Å². The number of nitrogens with zero attached hydrogens (tertiary/aromatic N) is 3. The SMILES string of the molecule is CCn1c(SCC(=O)NC2CCCC2)nnc1-c1cccc(Cl)c1. The summed E-state index contributed by atoms with van der Waals surface area (Å²) in [5.74, 6) is 1.21. The number of thioether (sulfide) groups is 1. The minimum Gasteiger partial charge on any atom is -0.353 e. The molecule has 7 heteroatoms. The summed E-state index contributed by atoms with van der Waals surface area (Å²) in [6, 6.07) is 7.92. The van der Waals surface area contributed by atoms with Crippen LogP contribution in [0.15, 0.2) is 29.4 Å². The van der Waals surface area contributed by atoms with E-state index in [1.807, 2.05) is 35.8 Å². The molecular weight excluding hydrogens is 344 g/mol. The van der Waals surface area contributed by atoms with Gasteiger partial charge < -0.3 is 9.88 Å². The molecule has 0 spiro atoms. The molecule has 0 aliphatic heterocycles. The summed E-state index contributed by atoms with van der Waals surface area (Å²) in [6.45, 7) is 2.78. The van der Waals surface area contributed by atoms with Gasteiger partial charge in [0.05, 0.1) is 5.75 Å². The zero-order valence-corrected chi connectivity index (χ0v) is 15.2. The number of carbonyl (C=O) groups is 1. The molecule has 0 radical (unpaired) electrons. The highest BCUT2D eigenvalue weighted by Gasteiger charge is 2.19. The van der Waals surface area contributed by atoms with Crippen molar-refractivity contribution < 1.29 is 4.79 Å². The number of aromatic nitrogens is 3. The molecule has 5 nitrogen and oxygen atoms in total. The standard InChI is InChI=1S/C17H21ClN4OS/c1-2-22-16(12-6-5-7-13(18)10-12)20-21-17(22)24-11-15(23)19-14-8-3-4-9-14/h5-7,10,14H,2-4,8-9,11H2,1H3,(H,19,23). The Hall–Kier alpha value is -1.53. The first-order valence-corrected chi connectivity index (χ1v) is 9.65. The number of hydrogen-bond acceptors (Lipinski definition) is 4. The fourth-order valence-corrected chi connectivity index (χ4v) is 4.00. The minimum absolute atomic E-state index is 0.0712. The van der Waals surface area contributed by atoms with Crippen LogP contribution in [0.2, 0.25) is 5.02 Å². The fraction of sp³-hybridized carbons (Fsp3) is 0.471. The lowest BCUT2D eigenvalue weighted by Gasteiger charge is -2.11. The third-order valence-electron chi connectivity index (χ3n) is 4.17. The van der Waals surface area contributed by atoms with Gasteiger partial charge in [0.2, 0.25) is 5.91 Å². The molecule has 24 heavy (non-hydrogen) atoms. The number of rotatable bonds is 6. The molecule has 0 atom stereocenters. The molecule has 1 aromatic heterocycles. The Kier molecular flexibility index (Phi) is 5.79. The van der Waals surface area contributed by atoms with Gasteiger partial charge >= 0.3 is 0 Å². The monoisotopic (exact) mass is 364 g/mol. The lowest BCUT2D eigenvalue weighted by Crippen LogP contribution is -2.33. The smallest absolute Gasteiger partial charge is 0.230 e. The summed E-state index contributed by atoms with van der Waals surface area (Å²) in [6.07, 6.45) is 4.62. The van der Waals surface area contributed by atoms with Crippen molar-refractivity contribution in [3.05, 3.63) is 29.3 Å². The van der Waals surface area contributed by atoms with Gasteiger partial charge in [0, 0.05) is 23.2 Å². The number of carbonyl (C=O) groups excluding carboxylic acids is 1. The van der Waals surface area contributed by atoms with Crippen LogP contribution in [0.25, 0.3) is 11.4 Å². The summed E-state index contributed by atoms with van der Waals surface area (Å²) in [7, 11) is 0. The molecule has 1 amide bonds. The normalized spacial score (nSPS) is 14.9. The van der Waals surface area contributed by atoms with Gasteiger partial charge in [0.1, 0.15) is 0 Å². The number of nitrogens with one attached hydrogen (secondary N) is 1. The first-order chi connectivity index (χ1) is 11.7. The number of benzene rings is 1. The maximum atomic E-state index is 12.1. The van der Waals surface area contributed by atoms with E-state index in [1.54, 1.807) is 0 Å². The van der Waals surface area contributed by atoms with Crippen LogP contribution < -0.4 is 5.32 Å². The van der Waals surface area contributed by atoms with Crippen LogP contribution in [0.3, 0.4) is 0 Å². The number of amides is 1. The van der Waals surface area contributed by atoms with Gasteiger partial charge in [-0.15, -0.1) is 10.2 Å². The van der Waals surface area contributed by atoms with Crippen molar-refractivity contribution in [1.82, 2.24) is 20.1 Å². The van der Waals surface area contributed by atoms with Gasteiger partial charge in [-0.3, -0.25) is 4.79 Å². The van der Waals surface area contributed by atoms with Crippen LogP contribution in [-0.2, 0) is 11.3 Å². The predicted octanol–water partition coefficient (Wildman–Crippen LogP) is 3.77. The summed E-state index contributed by atoms with van der Waals surface area (Å²) < 4.78 is 2.01. The van der Waals surface area contributed by atoms with Crippen molar-refractivity contribution >= 4 is 29.3 Å². The van der Waals surface area contributed by atoms with Gasteiger partial charge in [-0.1, -0.05) is 48.3 Å². The van der Waals surface area contributed by atoms with Crippen molar-refractivity contribution in [2.75, 3.05) is 5.75 Å². The number of hydrogen-bond donors (Lipinski definition) is 1. The van der Waals surface area contributed by atoms with Crippen LogP contribution in [0, 0.1) is 0 Å². The van der Waals surface area contributed by atoms with Crippen LogP contribution in [0.1, 0.15) is 32.6 Å². The molecule has 1 saturated carbocycles. The molecule has 1 aromatic carbocycles. The molecule has 1 aliphatic rings. The summed E-state index contributed by atoms with van der Waals surface area (Å²) in [5.41, 5.74) is 0.930. The maximum Gasteiger partial charge on any atom is 0.230 e. The molecule has 3 rings (SSSR count). The second-order valence-corrected chi connectivity index (χ2v) is 7.28. The zero-order chi connectivity index (χ0) is 16.9. The molecule has 1 N–H and O–H groups in total. The molecular formula is C17H21ClN4OS. The van der Waals surface area contributed by atoms with Gasteiger partial charge in [0.25, 0.3) is 0 Å². The molecule has 0 saturated heterocycles. The molecule has 0 unspecified atom stereocenters. The first-order valence-electron chi connectivity index (χ1n) is 8.28. The second kappa shape index (κ2) is 8.03. The lowest BCUT2D eigenvalue weighted by atomic mass is 10.2. The van der Waals surface area contributed by atoms with E-state index in [1.165, 1.54) is 24.6 Å². The largest absolute Gasteiger partial charge is 0.353 e. The lowest BCUT2D eigenvalue weighted by molar-refractivity contribution is -0.119. The average Bonchev–Trinajstić information content (AvgIpc) is 3.21. The van der Waals surface area contributed by atoms with Crippen molar-refractivity contribution in [3.63, 3.8) is 0 Å². The van der Waals surface area contributed by atoms with E-state index in [-0.39, 0.29) is 5.91 Å². The van der Waals surface area contributed by atoms with Crippen molar-refractivity contribution in [2.24, 2.45) is 0 Å². The highest BCUT2D eigenvalue weighted by Crippen LogP contribution is 2.26. The maximum absolute atomic E-state index is 12.1. The van der Waals surface area contributed by atoms with Gasteiger partial charge in [0.15, 0.2) is 11.0 Å². The van der Waals surface area contributed by atoms with E-state index in [9.17, 15) is 4.79 Å². The van der Waals surface area contributed by atoms with E-state index < -0.39 is 0 Å². The average molecular weight is 365 g/mol. The molecule has 128 valence electrons. The van der Waals surface area contributed by atoms with Crippen molar-refractivity contribution in [2.45, 2.75) is 50.4 Å². The Morgan fingerprint density at radius 1 is 1.38 bits per heavy atom. The van der Waals surface area contributed by atoms with Crippen LogP contribution in [-0.4, -0.2) is 32.5 Å². The highest BCUT2D eigenvalue weighted by molar-refractivity contribution is 7.99. The van der Waals surface area contributed by atoms with Crippen LogP contribution in [0.5, 0.6) is 0 Å². The molecule has 1 fully saturated rings. The van der Waals surface area contributed by atoms with Crippen molar-refractivity contribution in [1.29, 1.82) is 0 Å². The Morgan fingerprint density at radius 3 is 2.88 bits per heavy atom. The first kappa shape index (κ1) is 17.3. The third-order valence-corrected chi connectivity index (χ3v) is 5.37. The summed E-state index contributed by atoms with van der Waals surface area (Å²) in [5, 5.41) is 13.1. The van der Waals surface area contributed by atoms with Crippen LogP contribution in [0.4, 0.5) is 0 Å². The second-order valence-electron chi connectivity index (χ2n) is 5.90. The Bertz CT molecular complexity index is 712. The molecule has 1 aliphatic carbocycles. The third kappa shape index (κ3) is 4.11. The van der Waals surface area contributed by atoms with E-state index in [0.29, 0.717) is 16.8 Å². The highest BCUT2D eigenvalue weighted by atomic mass is 35.5. The molecule has 1 heterocycles. The zero-order valence-electron chi connectivity index (χ0n) is 13.7. The minimum atomic E-state index is 0.0712. The fourth-order valence-electron chi connectivity index (χ4n) is 2.99. The topological polar surface area (TPSA) is 59.8 Å². The van der Waals surface area contributed by atoms with Gasteiger partial charge in [-0.25, -0.2) is 0 Å². The van der Waals surface area contributed by atoms with Gasteiger partial charge in [-0.05, 0) is 31.9 Å². The van der Waals surface area contributed by atoms with E-state index in [4.69, 9.17) is 11.6 Å².